The number of hydrogen-bond donors (Lipinski definition) is 1. The lowest BCUT2D eigenvalue weighted by molar-refractivity contribution is 0.306. The second-order valence-corrected chi connectivity index (χ2v) is 2.94. The highest BCUT2D eigenvalue weighted by atomic mass is 16.5. The summed E-state index contributed by atoms with van der Waals surface area (Å²) in [6, 6.07) is 9.26. The molecule has 3 nitrogen and oxygen atoms in total. The first-order valence-electron chi connectivity index (χ1n) is 4.53. The van der Waals surface area contributed by atoms with Crippen molar-refractivity contribution in [1.29, 1.82) is 0 Å². The molecule has 1 aromatic carbocycles. The van der Waals surface area contributed by atoms with Crippen molar-refractivity contribution >= 4 is 10.9 Å². The van der Waals surface area contributed by atoms with Gasteiger partial charge in [0, 0.05) is 5.39 Å². The Kier molecular flexibility index (Phi) is 2.23. The van der Waals surface area contributed by atoms with Gasteiger partial charge < -0.3 is 9.84 Å². The van der Waals surface area contributed by atoms with Gasteiger partial charge in [0.05, 0.1) is 12.1 Å². The molecule has 0 aliphatic rings. The molecule has 0 aliphatic carbocycles. The molecule has 0 unspecified atom stereocenters. The topological polar surface area (TPSA) is 42.4 Å². The highest BCUT2D eigenvalue weighted by molar-refractivity contribution is 5.80. The van der Waals surface area contributed by atoms with Gasteiger partial charge in [0.2, 0.25) is 0 Å². The zero-order valence-corrected chi connectivity index (χ0v) is 7.90. The van der Waals surface area contributed by atoms with E-state index in [1.165, 1.54) is 0 Å². The third-order valence-electron chi connectivity index (χ3n) is 1.95. The lowest BCUT2D eigenvalue weighted by atomic mass is 10.2. The molecule has 0 amide bonds. The van der Waals surface area contributed by atoms with E-state index in [-0.39, 0.29) is 5.75 Å². The molecule has 0 saturated carbocycles. The molecular weight excluding hydrogens is 178 g/mol. The molecule has 2 rings (SSSR count). The van der Waals surface area contributed by atoms with Crippen molar-refractivity contribution in [2.24, 2.45) is 0 Å². The van der Waals surface area contributed by atoms with Crippen LogP contribution in [0.25, 0.3) is 10.9 Å². The molecule has 1 N–H and O–H groups in total. The van der Waals surface area contributed by atoms with Gasteiger partial charge in [-0.15, -0.1) is 0 Å². The van der Waals surface area contributed by atoms with Crippen LogP contribution in [-0.2, 0) is 0 Å². The molecule has 3 heteroatoms. The Morgan fingerprint density at radius 1 is 1.36 bits per heavy atom. The molecule has 2 aromatic rings. The highest BCUT2D eigenvalue weighted by Crippen LogP contribution is 2.27. The first kappa shape index (κ1) is 8.81. The van der Waals surface area contributed by atoms with Crippen molar-refractivity contribution in [2.75, 3.05) is 6.61 Å². The summed E-state index contributed by atoms with van der Waals surface area (Å²) in [5.41, 5.74) is 0.828. The Labute approximate surface area is 82.0 Å². The van der Waals surface area contributed by atoms with Crippen molar-refractivity contribution in [3.8, 4) is 11.6 Å². The number of ether oxygens (including phenoxy) is 1. The summed E-state index contributed by atoms with van der Waals surface area (Å²) < 4.78 is 5.18. The Morgan fingerprint density at radius 3 is 2.93 bits per heavy atom. The molecule has 0 saturated heterocycles. The maximum Gasteiger partial charge on any atom is 0.257 e. The van der Waals surface area contributed by atoms with E-state index < -0.39 is 0 Å². The summed E-state index contributed by atoms with van der Waals surface area (Å²) in [6.07, 6.45) is 0. The third-order valence-corrected chi connectivity index (χ3v) is 1.95. The first-order chi connectivity index (χ1) is 6.81. The van der Waals surface area contributed by atoms with Crippen molar-refractivity contribution in [3.05, 3.63) is 30.3 Å². The Balaban J connectivity index is 2.59. The highest BCUT2D eigenvalue weighted by Gasteiger charge is 2.05. The summed E-state index contributed by atoms with van der Waals surface area (Å²) in [5.74, 6) is 0.386. The van der Waals surface area contributed by atoms with Gasteiger partial charge in [-0.3, -0.25) is 0 Å². The van der Waals surface area contributed by atoms with Crippen molar-refractivity contribution in [1.82, 2.24) is 4.98 Å². The first-order valence-corrected chi connectivity index (χ1v) is 4.53. The van der Waals surface area contributed by atoms with Crippen LogP contribution in [0.2, 0.25) is 0 Å². The van der Waals surface area contributed by atoms with Gasteiger partial charge in [0.25, 0.3) is 5.88 Å². The number of fused-ring (bicyclic) bond motifs is 1. The number of para-hydroxylation sites is 1. The van der Waals surface area contributed by atoms with Crippen LogP contribution < -0.4 is 4.74 Å². The summed E-state index contributed by atoms with van der Waals surface area (Å²) in [6.45, 7) is 2.36. The summed E-state index contributed by atoms with van der Waals surface area (Å²) in [5, 5.41) is 10.5. The van der Waals surface area contributed by atoms with E-state index in [1.54, 1.807) is 6.07 Å². The molecule has 1 heterocycles. The lowest BCUT2D eigenvalue weighted by Crippen LogP contribution is -1.94. The van der Waals surface area contributed by atoms with E-state index in [2.05, 4.69) is 4.98 Å². The molecule has 0 atom stereocenters. The zero-order valence-electron chi connectivity index (χ0n) is 7.90. The molecule has 0 bridgehead atoms. The van der Waals surface area contributed by atoms with E-state index >= 15 is 0 Å². The average Bonchev–Trinajstić information content (AvgIpc) is 2.19. The quantitative estimate of drug-likeness (QED) is 0.788. The largest absolute Gasteiger partial charge is 0.503 e. The average molecular weight is 189 g/mol. The number of benzene rings is 1. The van der Waals surface area contributed by atoms with E-state index in [0.29, 0.717) is 12.5 Å². The van der Waals surface area contributed by atoms with E-state index in [1.807, 2.05) is 31.2 Å². The van der Waals surface area contributed by atoms with Gasteiger partial charge in [-0.1, -0.05) is 18.2 Å². The second kappa shape index (κ2) is 3.54. The minimum Gasteiger partial charge on any atom is -0.503 e. The van der Waals surface area contributed by atoms with E-state index in [4.69, 9.17) is 4.74 Å². The van der Waals surface area contributed by atoms with Gasteiger partial charge in [0.15, 0.2) is 5.75 Å². The van der Waals surface area contributed by atoms with Crippen molar-refractivity contribution < 1.29 is 9.84 Å². The SMILES string of the molecule is CCOc1nc2ccccc2cc1O. The number of aromatic nitrogens is 1. The molecular formula is C11H11NO2. The molecule has 72 valence electrons. The number of aromatic hydroxyl groups is 1. The van der Waals surface area contributed by atoms with Crippen LogP contribution >= 0.6 is 0 Å². The monoisotopic (exact) mass is 189 g/mol. The van der Waals surface area contributed by atoms with E-state index in [0.717, 1.165) is 10.9 Å². The van der Waals surface area contributed by atoms with Crippen LogP contribution in [0.4, 0.5) is 0 Å². The van der Waals surface area contributed by atoms with Crippen LogP contribution in [0.15, 0.2) is 30.3 Å². The maximum absolute atomic E-state index is 9.55. The lowest BCUT2D eigenvalue weighted by Gasteiger charge is -2.05. The van der Waals surface area contributed by atoms with Gasteiger partial charge in [-0.05, 0) is 19.1 Å². The maximum atomic E-state index is 9.55. The molecule has 1 aromatic heterocycles. The predicted molar refractivity (Wildman–Crippen MR) is 54.6 cm³/mol. The minimum absolute atomic E-state index is 0.0885. The Morgan fingerprint density at radius 2 is 2.14 bits per heavy atom. The predicted octanol–water partition coefficient (Wildman–Crippen LogP) is 2.34. The van der Waals surface area contributed by atoms with Crippen LogP contribution in [0.1, 0.15) is 6.92 Å². The fraction of sp³-hybridized carbons (Fsp3) is 0.182. The van der Waals surface area contributed by atoms with Crippen LogP contribution in [-0.4, -0.2) is 16.7 Å². The van der Waals surface area contributed by atoms with Gasteiger partial charge >= 0.3 is 0 Å². The number of rotatable bonds is 2. The Bertz CT molecular complexity index is 454. The number of pyridine rings is 1. The zero-order chi connectivity index (χ0) is 9.97. The summed E-state index contributed by atoms with van der Waals surface area (Å²) >= 11 is 0. The Hall–Kier alpha value is -1.77. The van der Waals surface area contributed by atoms with Crippen LogP contribution in [0, 0.1) is 0 Å². The number of hydrogen-bond acceptors (Lipinski definition) is 3. The molecule has 0 aliphatic heterocycles. The second-order valence-electron chi connectivity index (χ2n) is 2.94. The van der Waals surface area contributed by atoms with Crippen LogP contribution in [0.5, 0.6) is 11.6 Å². The van der Waals surface area contributed by atoms with Crippen molar-refractivity contribution in [2.45, 2.75) is 6.92 Å². The molecule has 0 fully saturated rings. The third kappa shape index (κ3) is 1.48. The fourth-order valence-electron chi connectivity index (χ4n) is 1.33. The fourth-order valence-corrected chi connectivity index (χ4v) is 1.33. The molecule has 0 radical (unpaired) electrons. The summed E-state index contributed by atoms with van der Waals surface area (Å²) in [7, 11) is 0. The standard InChI is InChI=1S/C11H11NO2/c1-2-14-11-10(13)7-8-5-3-4-6-9(8)12-11/h3-7,13H,2H2,1H3. The van der Waals surface area contributed by atoms with Gasteiger partial charge in [0.1, 0.15) is 0 Å². The molecule has 0 spiro atoms. The smallest absolute Gasteiger partial charge is 0.257 e. The normalized spacial score (nSPS) is 10.4. The van der Waals surface area contributed by atoms with E-state index in [9.17, 15) is 5.11 Å². The summed E-state index contributed by atoms with van der Waals surface area (Å²) in [4.78, 5) is 4.19. The van der Waals surface area contributed by atoms with Crippen molar-refractivity contribution in [3.63, 3.8) is 0 Å². The minimum atomic E-state index is 0.0885. The number of nitrogens with zero attached hydrogens (tertiary/aromatic N) is 1. The van der Waals surface area contributed by atoms with Gasteiger partial charge in [-0.2, -0.15) is 0 Å². The van der Waals surface area contributed by atoms with Crippen LogP contribution in [0.3, 0.4) is 0 Å². The molecule has 14 heavy (non-hydrogen) atoms. The van der Waals surface area contributed by atoms with Gasteiger partial charge in [-0.25, -0.2) is 4.98 Å².